The molecular weight excluding hydrogens is 266 g/mol. The third-order valence-electron chi connectivity index (χ3n) is 3.18. The summed E-state index contributed by atoms with van der Waals surface area (Å²) in [6.07, 6.45) is 2.76. The zero-order chi connectivity index (χ0) is 15.1. The van der Waals surface area contributed by atoms with Crippen LogP contribution in [0.3, 0.4) is 0 Å². The molecule has 0 fully saturated rings. The lowest BCUT2D eigenvalue weighted by Crippen LogP contribution is -2.11. The normalized spacial score (nSPS) is 10.2. The number of rotatable bonds is 6. The fourth-order valence-corrected chi connectivity index (χ4v) is 2.10. The highest BCUT2D eigenvalue weighted by Crippen LogP contribution is 2.15. The van der Waals surface area contributed by atoms with Gasteiger partial charge >= 0.3 is 6.09 Å². The molecule has 0 radical (unpaired) electrons. The summed E-state index contributed by atoms with van der Waals surface area (Å²) in [5, 5.41) is 6.00. The summed E-state index contributed by atoms with van der Waals surface area (Å²) in [7, 11) is 1.34. The molecule has 2 N–H and O–H groups in total. The summed E-state index contributed by atoms with van der Waals surface area (Å²) in [5.41, 5.74) is 2.98. The highest BCUT2D eigenvalue weighted by atomic mass is 16.5. The van der Waals surface area contributed by atoms with Crippen LogP contribution in [0.5, 0.6) is 0 Å². The molecule has 1 heterocycles. The van der Waals surface area contributed by atoms with Crippen LogP contribution in [0.2, 0.25) is 0 Å². The molecule has 0 saturated carbocycles. The molecule has 0 aliphatic heterocycles. The zero-order valence-electron chi connectivity index (χ0n) is 12.4. The molecule has 0 spiro atoms. The van der Waals surface area contributed by atoms with Crippen molar-refractivity contribution in [1.29, 1.82) is 0 Å². The van der Waals surface area contributed by atoms with Gasteiger partial charge in [0.05, 0.1) is 13.7 Å². The van der Waals surface area contributed by atoms with E-state index in [-0.39, 0.29) is 0 Å². The average Bonchev–Trinajstić information content (AvgIpc) is 2.94. The van der Waals surface area contributed by atoms with Crippen molar-refractivity contribution in [3.63, 3.8) is 0 Å². The van der Waals surface area contributed by atoms with Gasteiger partial charge in [0, 0.05) is 29.8 Å². The third-order valence-corrected chi connectivity index (χ3v) is 3.18. The number of methoxy groups -OCH3 is 1. The van der Waals surface area contributed by atoms with Gasteiger partial charge in [-0.25, -0.2) is 4.79 Å². The number of aromatic nitrogens is 1. The Morgan fingerprint density at radius 1 is 1.19 bits per heavy atom. The van der Waals surface area contributed by atoms with Crippen LogP contribution in [-0.4, -0.2) is 17.8 Å². The van der Waals surface area contributed by atoms with Crippen molar-refractivity contribution in [2.75, 3.05) is 17.7 Å². The highest BCUT2D eigenvalue weighted by Gasteiger charge is 2.02. The number of aryl methyl sites for hydroxylation is 1. The number of benzene rings is 1. The molecule has 1 aromatic heterocycles. The van der Waals surface area contributed by atoms with Gasteiger partial charge in [-0.15, -0.1) is 0 Å². The van der Waals surface area contributed by atoms with Gasteiger partial charge in [0.15, 0.2) is 0 Å². The number of hydrogen-bond acceptors (Lipinski definition) is 3. The molecule has 0 saturated heterocycles. The molecule has 112 valence electrons. The first kappa shape index (κ1) is 15.0. The second-order valence-corrected chi connectivity index (χ2v) is 4.74. The molecule has 21 heavy (non-hydrogen) atoms. The van der Waals surface area contributed by atoms with Crippen LogP contribution in [0.4, 0.5) is 16.2 Å². The SMILES string of the molecule is CCCn1cccc1CNc1ccc(NC(=O)OC)cc1. The lowest BCUT2D eigenvalue weighted by Gasteiger charge is -2.11. The lowest BCUT2D eigenvalue weighted by molar-refractivity contribution is 0.187. The first-order chi connectivity index (χ1) is 10.2. The monoisotopic (exact) mass is 287 g/mol. The van der Waals surface area contributed by atoms with E-state index in [4.69, 9.17) is 0 Å². The highest BCUT2D eigenvalue weighted by molar-refractivity contribution is 5.84. The Kier molecular flexibility index (Phi) is 5.26. The maximum atomic E-state index is 11.1. The second-order valence-electron chi connectivity index (χ2n) is 4.74. The Labute approximate surface area is 124 Å². The molecule has 0 aliphatic carbocycles. The minimum absolute atomic E-state index is 0.465. The Hall–Kier alpha value is -2.43. The molecule has 1 amide bonds. The van der Waals surface area contributed by atoms with Gasteiger partial charge in [0.2, 0.25) is 0 Å². The summed E-state index contributed by atoms with van der Waals surface area (Å²) in [5.74, 6) is 0. The number of carbonyl (C=O) groups excluding carboxylic acids is 1. The van der Waals surface area contributed by atoms with Gasteiger partial charge in [-0.1, -0.05) is 6.92 Å². The predicted molar refractivity (Wildman–Crippen MR) is 84.5 cm³/mol. The van der Waals surface area contributed by atoms with E-state index in [1.165, 1.54) is 12.8 Å². The molecule has 5 heteroatoms. The summed E-state index contributed by atoms with van der Waals surface area (Å²) >= 11 is 0. The van der Waals surface area contributed by atoms with Crippen LogP contribution in [0.15, 0.2) is 42.6 Å². The maximum Gasteiger partial charge on any atom is 0.411 e. The van der Waals surface area contributed by atoms with E-state index in [9.17, 15) is 4.79 Å². The van der Waals surface area contributed by atoms with E-state index in [1.54, 1.807) is 0 Å². The van der Waals surface area contributed by atoms with E-state index >= 15 is 0 Å². The van der Waals surface area contributed by atoms with Gasteiger partial charge in [-0.2, -0.15) is 0 Å². The molecule has 2 aromatic rings. The minimum atomic E-state index is -0.465. The van der Waals surface area contributed by atoms with E-state index in [0.29, 0.717) is 5.69 Å². The Morgan fingerprint density at radius 3 is 2.57 bits per heavy atom. The van der Waals surface area contributed by atoms with E-state index in [2.05, 4.69) is 45.2 Å². The van der Waals surface area contributed by atoms with Crippen molar-refractivity contribution in [1.82, 2.24) is 4.57 Å². The molecular formula is C16H21N3O2. The number of amides is 1. The number of ether oxygens (including phenoxy) is 1. The molecule has 0 bridgehead atoms. The first-order valence-electron chi connectivity index (χ1n) is 7.06. The van der Waals surface area contributed by atoms with Crippen molar-refractivity contribution in [2.45, 2.75) is 26.4 Å². The standard InChI is InChI=1S/C16H21N3O2/c1-3-10-19-11-4-5-15(19)12-17-13-6-8-14(9-7-13)18-16(20)21-2/h4-9,11,17H,3,10,12H2,1-2H3,(H,18,20). The van der Waals surface area contributed by atoms with Crippen molar-refractivity contribution < 1.29 is 9.53 Å². The molecule has 0 unspecified atom stereocenters. The van der Waals surface area contributed by atoms with Crippen molar-refractivity contribution in [2.24, 2.45) is 0 Å². The van der Waals surface area contributed by atoms with E-state index < -0.39 is 6.09 Å². The first-order valence-corrected chi connectivity index (χ1v) is 7.06. The van der Waals surface area contributed by atoms with Gasteiger partial charge in [-0.3, -0.25) is 5.32 Å². The summed E-state index contributed by atoms with van der Waals surface area (Å²) in [6, 6.07) is 11.7. The number of carbonyl (C=O) groups is 1. The maximum absolute atomic E-state index is 11.1. The number of anilines is 2. The van der Waals surface area contributed by atoms with Crippen LogP contribution >= 0.6 is 0 Å². The van der Waals surface area contributed by atoms with Crippen LogP contribution in [0.25, 0.3) is 0 Å². The predicted octanol–water partition coefficient (Wildman–Crippen LogP) is 3.69. The van der Waals surface area contributed by atoms with Crippen LogP contribution < -0.4 is 10.6 Å². The van der Waals surface area contributed by atoms with Crippen molar-refractivity contribution >= 4 is 17.5 Å². The van der Waals surface area contributed by atoms with Gasteiger partial charge < -0.3 is 14.6 Å². The average molecular weight is 287 g/mol. The number of nitrogens with zero attached hydrogens (tertiary/aromatic N) is 1. The topological polar surface area (TPSA) is 55.3 Å². The fraction of sp³-hybridized carbons (Fsp3) is 0.312. The largest absolute Gasteiger partial charge is 0.453 e. The Balaban J connectivity index is 1.91. The van der Waals surface area contributed by atoms with Crippen molar-refractivity contribution in [3.05, 3.63) is 48.3 Å². The molecule has 0 atom stereocenters. The summed E-state index contributed by atoms with van der Waals surface area (Å²) < 4.78 is 6.80. The van der Waals surface area contributed by atoms with Crippen LogP contribution in [0, 0.1) is 0 Å². The molecule has 5 nitrogen and oxygen atoms in total. The zero-order valence-corrected chi connectivity index (χ0v) is 12.4. The van der Waals surface area contributed by atoms with Crippen LogP contribution in [0.1, 0.15) is 19.0 Å². The minimum Gasteiger partial charge on any atom is -0.453 e. The quantitative estimate of drug-likeness (QED) is 0.852. The summed E-state index contributed by atoms with van der Waals surface area (Å²) in [4.78, 5) is 11.1. The van der Waals surface area contributed by atoms with Crippen molar-refractivity contribution in [3.8, 4) is 0 Å². The second kappa shape index (κ2) is 7.38. The molecule has 0 aliphatic rings. The Morgan fingerprint density at radius 2 is 1.90 bits per heavy atom. The lowest BCUT2D eigenvalue weighted by atomic mass is 10.2. The molecule has 2 rings (SSSR count). The van der Waals surface area contributed by atoms with E-state index in [1.807, 2.05) is 24.3 Å². The smallest absolute Gasteiger partial charge is 0.411 e. The van der Waals surface area contributed by atoms with E-state index in [0.717, 1.165) is 25.2 Å². The number of nitrogens with one attached hydrogen (secondary N) is 2. The van der Waals surface area contributed by atoms with Gasteiger partial charge in [0.25, 0.3) is 0 Å². The summed E-state index contributed by atoms with van der Waals surface area (Å²) in [6.45, 7) is 3.98. The Bertz CT molecular complexity index is 575. The fourth-order valence-electron chi connectivity index (χ4n) is 2.10. The number of hydrogen-bond donors (Lipinski definition) is 2. The van der Waals surface area contributed by atoms with Gasteiger partial charge in [-0.05, 0) is 42.8 Å². The van der Waals surface area contributed by atoms with Gasteiger partial charge in [0.1, 0.15) is 0 Å². The third kappa shape index (κ3) is 4.27. The molecule has 1 aromatic carbocycles. The van der Waals surface area contributed by atoms with Crippen LogP contribution in [-0.2, 0) is 17.8 Å².